The zero-order valence-corrected chi connectivity index (χ0v) is 17.1. The van der Waals surface area contributed by atoms with Crippen LogP contribution in [0.3, 0.4) is 0 Å². The Morgan fingerprint density at radius 2 is 2.13 bits per heavy atom. The van der Waals surface area contributed by atoms with Gasteiger partial charge in [0.15, 0.2) is 5.78 Å². The average molecular weight is 414 g/mol. The zero-order chi connectivity index (χ0) is 21.4. The fraction of sp³-hybridized carbons (Fsp3) is 0.208. The second-order valence-corrected chi connectivity index (χ2v) is 7.72. The molecule has 1 amide bonds. The van der Waals surface area contributed by atoms with Gasteiger partial charge in [0.1, 0.15) is 23.7 Å². The summed E-state index contributed by atoms with van der Waals surface area (Å²) in [6, 6.07) is 13.1. The van der Waals surface area contributed by atoms with E-state index in [0.29, 0.717) is 35.7 Å². The topological polar surface area (TPSA) is 88.5 Å². The SMILES string of the molecule is Cc1c(C(=O)Nc2cccc(OCc3cn4ccccc4n3)c2)[nH]c2c1C(=O)CCC2. The molecule has 0 fully saturated rings. The number of carbonyl (C=O) groups excluding carboxylic acids is 2. The lowest BCUT2D eigenvalue weighted by atomic mass is 9.94. The number of aryl methyl sites for hydroxylation is 1. The van der Waals surface area contributed by atoms with Gasteiger partial charge in [-0.1, -0.05) is 12.1 Å². The highest BCUT2D eigenvalue weighted by Crippen LogP contribution is 2.27. The number of carbonyl (C=O) groups is 2. The number of Topliss-reactive ketones (excluding diaryl/α,β-unsaturated/α-hetero) is 1. The molecular formula is C24H22N4O3. The molecule has 0 unspecified atom stereocenters. The first-order valence-electron chi connectivity index (χ1n) is 10.3. The van der Waals surface area contributed by atoms with Gasteiger partial charge in [0.25, 0.3) is 5.91 Å². The number of aromatic nitrogens is 3. The quantitative estimate of drug-likeness (QED) is 0.509. The molecule has 0 spiro atoms. The molecule has 0 atom stereocenters. The molecule has 0 bridgehead atoms. The normalized spacial score (nSPS) is 13.3. The van der Waals surface area contributed by atoms with E-state index < -0.39 is 0 Å². The fourth-order valence-electron chi connectivity index (χ4n) is 4.07. The molecule has 3 heterocycles. The minimum atomic E-state index is -0.266. The first kappa shape index (κ1) is 19.1. The summed E-state index contributed by atoms with van der Waals surface area (Å²) in [5.41, 5.74) is 5.01. The Hall–Kier alpha value is -3.87. The summed E-state index contributed by atoms with van der Waals surface area (Å²) in [5.74, 6) is 0.473. The van der Waals surface area contributed by atoms with Crippen LogP contribution in [0.15, 0.2) is 54.9 Å². The highest BCUT2D eigenvalue weighted by molar-refractivity contribution is 6.08. The maximum absolute atomic E-state index is 12.8. The third-order valence-corrected chi connectivity index (χ3v) is 5.56. The lowest BCUT2D eigenvalue weighted by Crippen LogP contribution is -2.14. The molecule has 7 nitrogen and oxygen atoms in total. The van der Waals surface area contributed by atoms with E-state index >= 15 is 0 Å². The zero-order valence-electron chi connectivity index (χ0n) is 17.1. The van der Waals surface area contributed by atoms with Crippen molar-refractivity contribution in [3.63, 3.8) is 0 Å². The van der Waals surface area contributed by atoms with Crippen LogP contribution in [0, 0.1) is 6.92 Å². The summed E-state index contributed by atoms with van der Waals surface area (Å²) in [7, 11) is 0. The van der Waals surface area contributed by atoms with Crippen LogP contribution in [0.2, 0.25) is 0 Å². The van der Waals surface area contributed by atoms with Crippen molar-refractivity contribution < 1.29 is 14.3 Å². The Bertz CT molecular complexity index is 1270. The number of ketones is 1. The van der Waals surface area contributed by atoms with Crippen molar-refractivity contribution in [2.75, 3.05) is 5.32 Å². The molecule has 0 saturated heterocycles. The number of pyridine rings is 1. The number of aromatic amines is 1. The molecule has 1 aromatic carbocycles. The number of imidazole rings is 1. The maximum Gasteiger partial charge on any atom is 0.272 e. The van der Waals surface area contributed by atoms with E-state index in [1.54, 1.807) is 12.1 Å². The van der Waals surface area contributed by atoms with Gasteiger partial charge in [-0.05, 0) is 49.6 Å². The van der Waals surface area contributed by atoms with Crippen LogP contribution >= 0.6 is 0 Å². The number of H-pyrrole nitrogens is 1. The van der Waals surface area contributed by atoms with Crippen molar-refractivity contribution >= 4 is 23.0 Å². The summed E-state index contributed by atoms with van der Waals surface area (Å²) in [6.07, 6.45) is 6.02. The number of hydrogen-bond acceptors (Lipinski definition) is 4. The Morgan fingerprint density at radius 3 is 2.97 bits per heavy atom. The van der Waals surface area contributed by atoms with Crippen molar-refractivity contribution in [2.45, 2.75) is 32.8 Å². The highest BCUT2D eigenvalue weighted by Gasteiger charge is 2.26. The second-order valence-electron chi connectivity index (χ2n) is 7.72. The van der Waals surface area contributed by atoms with Gasteiger partial charge in [0, 0.05) is 41.8 Å². The minimum absolute atomic E-state index is 0.108. The van der Waals surface area contributed by atoms with Gasteiger partial charge in [0.05, 0.1) is 5.69 Å². The van der Waals surface area contributed by atoms with Gasteiger partial charge in [0.2, 0.25) is 0 Å². The van der Waals surface area contributed by atoms with Gasteiger partial charge in [-0.3, -0.25) is 9.59 Å². The van der Waals surface area contributed by atoms with Crippen molar-refractivity contribution in [3.8, 4) is 5.75 Å². The number of benzene rings is 1. The number of nitrogens with one attached hydrogen (secondary N) is 2. The van der Waals surface area contributed by atoms with Crippen LogP contribution < -0.4 is 10.1 Å². The van der Waals surface area contributed by atoms with E-state index in [0.717, 1.165) is 35.4 Å². The monoisotopic (exact) mass is 414 g/mol. The summed E-state index contributed by atoms with van der Waals surface area (Å²) >= 11 is 0. The maximum atomic E-state index is 12.8. The second kappa shape index (κ2) is 7.75. The highest BCUT2D eigenvalue weighted by atomic mass is 16.5. The van der Waals surface area contributed by atoms with E-state index in [2.05, 4.69) is 15.3 Å². The van der Waals surface area contributed by atoms with Crippen LogP contribution in [0.25, 0.3) is 5.65 Å². The molecule has 1 aliphatic carbocycles. The van der Waals surface area contributed by atoms with Gasteiger partial charge >= 0.3 is 0 Å². The molecule has 0 aliphatic heterocycles. The van der Waals surface area contributed by atoms with E-state index in [1.165, 1.54) is 0 Å². The summed E-state index contributed by atoms with van der Waals surface area (Å²) in [6.45, 7) is 2.14. The van der Waals surface area contributed by atoms with Crippen molar-refractivity contribution in [2.24, 2.45) is 0 Å². The third kappa shape index (κ3) is 3.70. The molecule has 0 saturated carbocycles. The van der Waals surface area contributed by atoms with Gasteiger partial charge < -0.3 is 19.4 Å². The lowest BCUT2D eigenvalue weighted by molar-refractivity contribution is 0.0971. The van der Waals surface area contributed by atoms with Gasteiger partial charge in [-0.2, -0.15) is 0 Å². The standard InChI is InChI=1S/C24H22N4O3/c1-15-22-19(8-5-9-20(22)29)27-23(15)24(30)26-16-6-4-7-18(12-16)31-14-17-13-28-11-3-2-10-21(28)25-17/h2-4,6-7,10-13,27H,5,8-9,14H2,1H3,(H,26,30). The number of fused-ring (bicyclic) bond motifs is 2. The van der Waals surface area contributed by atoms with E-state index in [1.807, 2.05) is 54.0 Å². The average Bonchev–Trinajstić information content (AvgIpc) is 3.34. The van der Waals surface area contributed by atoms with Gasteiger partial charge in [-0.15, -0.1) is 0 Å². The van der Waals surface area contributed by atoms with E-state index in [9.17, 15) is 9.59 Å². The smallest absolute Gasteiger partial charge is 0.272 e. The van der Waals surface area contributed by atoms with Crippen LogP contribution in [-0.2, 0) is 13.0 Å². The first-order valence-corrected chi connectivity index (χ1v) is 10.3. The van der Waals surface area contributed by atoms with Crippen molar-refractivity contribution in [3.05, 3.63) is 83.1 Å². The number of rotatable bonds is 5. The van der Waals surface area contributed by atoms with Crippen LogP contribution in [0.4, 0.5) is 5.69 Å². The number of hydrogen-bond donors (Lipinski definition) is 2. The summed E-state index contributed by atoms with van der Waals surface area (Å²) < 4.78 is 7.82. The third-order valence-electron chi connectivity index (χ3n) is 5.56. The lowest BCUT2D eigenvalue weighted by Gasteiger charge is -2.09. The Balaban J connectivity index is 1.29. The Labute approximate surface area is 179 Å². The molecule has 2 N–H and O–H groups in total. The molecular weight excluding hydrogens is 392 g/mol. The van der Waals surface area contributed by atoms with E-state index in [-0.39, 0.29) is 11.7 Å². The van der Waals surface area contributed by atoms with Crippen LogP contribution in [0.1, 0.15) is 50.6 Å². The number of ether oxygens (including phenoxy) is 1. The number of amides is 1. The molecule has 3 aromatic heterocycles. The molecule has 5 rings (SSSR count). The number of nitrogens with zero attached hydrogens (tertiary/aromatic N) is 2. The van der Waals surface area contributed by atoms with Crippen molar-refractivity contribution in [1.29, 1.82) is 0 Å². The minimum Gasteiger partial charge on any atom is -0.487 e. The Kier molecular flexibility index (Phi) is 4.78. The molecule has 31 heavy (non-hydrogen) atoms. The molecule has 1 aliphatic rings. The predicted molar refractivity (Wildman–Crippen MR) is 117 cm³/mol. The van der Waals surface area contributed by atoms with Crippen LogP contribution in [-0.4, -0.2) is 26.1 Å². The number of anilines is 1. The molecule has 7 heteroatoms. The van der Waals surface area contributed by atoms with Crippen LogP contribution in [0.5, 0.6) is 5.75 Å². The fourth-order valence-corrected chi connectivity index (χ4v) is 4.07. The van der Waals surface area contributed by atoms with Gasteiger partial charge in [-0.25, -0.2) is 4.98 Å². The van der Waals surface area contributed by atoms with Crippen molar-refractivity contribution in [1.82, 2.24) is 14.4 Å². The molecule has 156 valence electrons. The first-order chi connectivity index (χ1) is 15.1. The Morgan fingerprint density at radius 1 is 1.23 bits per heavy atom. The molecule has 4 aromatic rings. The summed E-state index contributed by atoms with van der Waals surface area (Å²) in [4.78, 5) is 32.7. The largest absolute Gasteiger partial charge is 0.487 e. The summed E-state index contributed by atoms with van der Waals surface area (Å²) in [5, 5.41) is 2.90. The predicted octanol–water partition coefficient (Wildman–Crippen LogP) is 4.32. The molecule has 0 radical (unpaired) electrons. The van der Waals surface area contributed by atoms with E-state index in [4.69, 9.17) is 4.74 Å².